The van der Waals surface area contributed by atoms with Crippen molar-refractivity contribution >= 4 is 29.4 Å². The van der Waals surface area contributed by atoms with Gasteiger partial charge in [-0.05, 0) is 47.9 Å². The Bertz CT molecular complexity index is 804. The fourth-order valence-corrected chi connectivity index (χ4v) is 3.34. The van der Waals surface area contributed by atoms with Gasteiger partial charge in [0.25, 0.3) is 5.91 Å². The monoisotopic (exact) mass is 335 g/mol. The van der Waals surface area contributed by atoms with Crippen molar-refractivity contribution in [1.82, 2.24) is 5.32 Å². The van der Waals surface area contributed by atoms with Crippen LogP contribution in [0.25, 0.3) is 6.08 Å². The summed E-state index contributed by atoms with van der Waals surface area (Å²) in [7, 11) is 0. The van der Waals surface area contributed by atoms with Crippen LogP contribution in [-0.4, -0.2) is 11.4 Å². The van der Waals surface area contributed by atoms with Crippen molar-refractivity contribution in [2.45, 2.75) is 18.8 Å². The minimum Gasteiger partial charge on any atom is -0.357 e. The second-order valence-corrected chi connectivity index (χ2v) is 6.56. The molecule has 2 N–H and O–H groups in total. The molecular weight excluding hydrogens is 318 g/mol. The van der Waals surface area contributed by atoms with E-state index >= 15 is 0 Å². The topological polar surface area (TPSA) is 64.9 Å². The molecule has 0 spiro atoms. The van der Waals surface area contributed by atoms with Crippen molar-refractivity contribution in [3.8, 4) is 6.07 Å². The Morgan fingerprint density at radius 3 is 2.54 bits per heavy atom. The van der Waals surface area contributed by atoms with E-state index < -0.39 is 0 Å². The average Bonchev–Trinajstić information content (AvgIpc) is 2.95. The third-order valence-corrected chi connectivity index (χ3v) is 4.76. The molecule has 0 aromatic heterocycles. The van der Waals surface area contributed by atoms with Gasteiger partial charge < -0.3 is 10.6 Å². The van der Waals surface area contributed by atoms with E-state index in [1.807, 2.05) is 30.3 Å². The van der Waals surface area contributed by atoms with Crippen molar-refractivity contribution in [1.29, 1.82) is 5.26 Å². The minimum atomic E-state index is -0.186. The number of nitriles is 1. The third kappa shape index (κ3) is 3.79. The largest absolute Gasteiger partial charge is 0.357 e. The summed E-state index contributed by atoms with van der Waals surface area (Å²) in [5.74, 6) is -0.0907. The Labute approximate surface area is 145 Å². The normalized spacial score (nSPS) is 18.2. The lowest BCUT2D eigenvalue weighted by molar-refractivity contribution is -0.116. The van der Waals surface area contributed by atoms with E-state index in [4.69, 9.17) is 5.26 Å². The molecule has 0 bridgehead atoms. The number of anilines is 1. The van der Waals surface area contributed by atoms with Crippen molar-refractivity contribution in [3.63, 3.8) is 0 Å². The van der Waals surface area contributed by atoms with Crippen LogP contribution in [0.4, 0.5) is 5.69 Å². The lowest BCUT2D eigenvalue weighted by Gasteiger charge is -2.12. The average molecular weight is 335 g/mol. The number of hydrogen-bond acceptors (Lipinski definition) is 4. The molecule has 0 saturated carbocycles. The predicted octanol–water partition coefficient (Wildman–Crippen LogP) is 3.72. The van der Waals surface area contributed by atoms with Crippen LogP contribution in [0.2, 0.25) is 0 Å². The van der Waals surface area contributed by atoms with Crippen molar-refractivity contribution in [3.05, 3.63) is 70.1 Å². The number of thioether (sulfide) groups is 1. The fourth-order valence-electron chi connectivity index (χ4n) is 2.36. The van der Waals surface area contributed by atoms with Crippen molar-refractivity contribution in [2.75, 3.05) is 5.32 Å². The quantitative estimate of drug-likeness (QED) is 0.836. The Hall–Kier alpha value is -2.71. The zero-order valence-corrected chi connectivity index (χ0v) is 14.1. The van der Waals surface area contributed by atoms with Crippen molar-refractivity contribution in [2.24, 2.45) is 0 Å². The van der Waals surface area contributed by atoms with Crippen LogP contribution >= 0.6 is 11.8 Å². The van der Waals surface area contributed by atoms with E-state index in [9.17, 15) is 4.79 Å². The highest BCUT2D eigenvalue weighted by Crippen LogP contribution is 2.30. The van der Waals surface area contributed by atoms with Gasteiger partial charge in [-0.15, -0.1) is 0 Å². The second-order valence-electron chi connectivity index (χ2n) is 5.41. The van der Waals surface area contributed by atoms with Gasteiger partial charge in [0.2, 0.25) is 0 Å². The number of carbonyl (C=O) groups excluding carboxylic acids is 1. The summed E-state index contributed by atoms with van der Waals surface area (Å²) in [6, 6.07) is 17.5. The van der Waals surface area contributed by atoms with Gasteiger partial charge in [0.1, 0.15) is 0 Å². The van der Waals surface area contributed by atoms with Gasteiger partial charge in [-0.2, -0.15) is 5.26 Å². The first-order valence-corrected chi connectivity index (χ1v) is 8.61. The molecule has 120 valence electrons. The fraction of sp³-hybridized carbons (Fsp3) is 0.158. The Balaban J connectivity index is 1.68. The first kappa shape index (κ1) is 16.2. The van der Waals surface area contributed by atoms with Crippen LogP contribution in [0.15, 0.2) is 53.4 Å². The maximum Gasteiger partial charge on any atom is 0.260 e. The number of hydrogen-bond donors (Lipinski definition) is 2. The first-order chi connectivity index (χ1) is 11.7. The van der Waals surface area contributed by atoms with Gasteiger partial charge in [0.15, 0.2) is 5.50 Å². The minimum absolute atomic E-state index is 0.0907. The standard InChI is InChI=1S/C19H17N3OS/c1-2-13-7-9-16(10-8-13)21-19-22-18(23)17(24-19)11-14-3-5-15(12-20)6-4-14/h3-11,19,21H,2H2,1H3,(H,22,23)/b17-11-/t19-/m0/s1. The number of nitrogens with zero attached hydrogens (tertiary/aromatic N) is 1. The first-order valence-electron chi connectivity index (χ1n) is 7.73. The molecule has 1 heterocycles. The van der Waals surface area contributed by atoms with Crippen LogP contribution in [0, 0.1) is 11.3 Å². The Morgan fingerprint density at radius 1 is 1.21 bits per heavy atom. The summed E-state index contributed by atoms with van der Waals surface area (Å²) < 4.78 is 0. The molecule has 1 saturated heterocycles. The summed E-state index contributed by atoms with van der Waals surface area (Å²) in [4.78, 5) is 12.8. The Kier molecular flexibility index (Phi) is 4.88. The lowest BCUT2D eigenvalue weighted by atomic mass is 10.1. The molecule has 0 aliphatic carbocycles. The molecule has 0 radical (unpaired) electrons. The van der Waals surface area contributed by atoms with E-state index in [-0.39, 0.29) is 11.4 Å². The van der Waals surface area contributed by atoms with Gasteiger partial charge in [-0.1, -0.05) is 43.0 Å². The van der Waals surface area contributed by atoms with Crippen LogP contribution in [-0.2, 0) is 11.2 Å². The maximum absolute atomic E-state index is 12.1. The molecule has 0 unspecified atom stereocenters. The van der Waals surface area contributed by atoms with Crippen LogP contribution < -0.4 is 10.6 Å². The van der Waals surface area contributed by atoms with Crippen LogP contribution in [0.1, 0.15) is 23.6 Å². The summed E-state index contributed by atoms with van der Waals surface area (Å²) >= 11 is 1.45. The number of amides is 1. The molecule has 2 aromatic rings. The van der Waals surface area contributed by atoms with Gasteiger partial charge in [-0.25, -0.2) is 0 Å². The van der Waals surface area contributed by atoms with Crippen molar-refractivity contribution < 1.29 is 4.79 Å². The number of nitrogens with one attached hydrogen (secondary N) is 2. The van der Waals surface area contributed by atoms with Crippen LogP contribution in [0.5, 0.6) is 0 Å². The second kappa shape index (κ2) is 7.24. The van der Waals surface area contributed by atoms with E-state index in [0.717, 1.165) is 17.7 Å². The van der Waals surface area contributed by atoms with E-state index in [1.165, 1.54) is 17.3 Å². The van der Waals surface area contributed by atoms with Gasteiger partial charge in [0, 0.05) is 5.69 Å². The molecule has 1 aliphatic rings. The highest BCUT2D eigenvalue weighted by Gasteiger charge is 2.26. The zero-order valence-electron chi connectivity index (χ0n) is 13.2. The van der Waals surface area contributed by atoms with E-state index in [0.29, 0.717) is 10.5 Å². The smallest absolute Gasteiger partial charge is 0.260 e. The molecular formula is C19H17N3OS. The molecule has 1 amide bonds. The molecule has 1 atom stereocenters. The molecule has 3 rings (SSSR count). The number of carbonyl (C=O) groups is 1. The van der Waals surface area contributed by atoms with Gasteiger partial charge in [0.05, 0.1) is 16.5 Å². The summed E-state index contributed by atoms with van der Waals surface area (Å²) in [6.07, 6.45) is 2.84. The summed E-state index contributed by atoms with van der Waals surface area (Å²) in [5, 5.41) is 15.0. The van der Waals surface area contributed by atoms with E-state index in [2.05, 4.69) is 35.8 Å². The van der Waals surface area contributed by atoms with Gasteiger partial charge >= 0.3 is 0 Å². The van der Waals surface area contributed by atoms with E-state index in [1.54, 1.807) is 12.1 Å². The number of benzene rings is 2. The maximum atomic E-state index is 12.1. The SMILES string of the molecule is CCc1ccc(N[C@H]2NC(=O)/C(=C/c3ccc(C#N)cc3)S2)cc1. The molecule has 24 heavy (non-hydrogen) atoms. The molecule has 1 aliphatic heterocycles. The highest BCUT2D eigenvalue weighted by atomic mass is 32.2. The highest BCUT2D eigenvalue weighted by molar-refractivity contribution is 8.05. The molecule has 2 aromatic carbocycles. The van der Waals surface area contributed by atoms with Crippen LogP contribution in [0.3, 0.4) is 0 Å². The summed E-state index contributed by atoms with van der Waals surface area (Å²) in [5.41, 5.74) is 3.58. The third-order valence-electron chi connectivity index (χ3n) is 3.73. The number of rotatable bonds is 4. The Morgan fingerprint density at radius 2 is 1.92 bits per heavy atom. The molecule has 4 nitrogen and oxygen atoms in total. The predicted molar refractivity (Wildman–Crippen MR) is 98.1 cm³/mol. The summed E-state index contributed by atoms with van der Waals surface area (Å²) in [6.45, 7) is 2.12. The lowest BCUT2D eigenvalue weighted by Crippen LogP contribution is -2.30. The molecule has 5 heteroatoms. The number of aryl methyl sites for hydroxylation is 1. The zero-order chi connectivity index (χ0) is 16.9. The van der Waals surface area contributed by atoms with Gasteiger partial charge in [-0.3, -0.25) is 4.79 Å². The molecule has 1 fully saturated rings.